The molecule has 3 heterocycles. The average Bonchev–Trinajstić information content (AvgIpc) is 0.877. The lowest BCUT2D eigenvalue weighted by molar-refractivity contribution is 0.332. The molecule has 0 saturated carbocycles. The van der Waals surface area contributed by atoms with Crippen LogP contribution >= 0.6 is 0 Å². The first-order valence-electron chi connectivity index (χ1n) is 32.9. The fourth-order valence-electron chi connectivity index (χ4n) is 16.7. The van der Waals surface area contributed by atoms with E-state index in [0.29, 0.717) is 0 Å². The Balaban J connectivity index is 1.19. The highest BCUT2D eigenvalue weighted by Gasteiger charge is 2.50. The van der Waals surface area contributed by atoms with Crippen LogP contribution in [0.15, 0.2) is 138 Å². The van der Waals surface area contributed by atoms with Crippen molar-refractivity contribution in [2.45, 2.75) is 220 Å². The van der Waals surface area contributed by atoms with Crippen molar-refractivity contribution in [3.63, 3.8) is 0 Å². The predicted molar refractivity (Wildman–Crippen MR) is 375 cm³/mol. The zero-order chi connectivity index (χ0) is 61.8. The van der Waals surface area contributed by atoms with E-state index in [4.69, 9.17) is 4.42 Å². The topological polar surface area (TPSA) is 22.9 Å². The van der Waals surface area contributed by atoms with Crippen molar-refractivity contribution in [3.05, 3.63) is 189 Å². The lowest BCUT2D eigenvalue weighted by Crippen LogP contribution is -2.62. The first-order chi connectivity index (χ1) is 40.7. The summed E-state index contributed by atoms with van der Waals surface area (Å²) >= 11 is 0. The molecule has 3 aliphatic carbocycles. The number of rotatable bonds is 5. The fraction of sp³-hybridized carbons (Fsp3) is 0.415. The minimum Gasteiger partial charge on any atom is -0.456 e. The van der Waals surface area contributed by atoms with E-state index in [1.165, 1.54) is 124 Å². The highest BCUT2D eigenvalue weighted by atomic mass is 16.3. The molecule has 87 heavy (non-hydrogen) atoms. The molecule has 0 bridgehead atoms. The smallest absolute Gasteiger partial charge is 0.252 e. The average molecular weight is 1150 g/mol. The van der Waals surface area contributed by atoms with Crippen LogP contribution in [0.5, 0.6) is 0 Å². The van der Waals surface area contributed by atoms with E-state index in [1.54, 1.807) is 0 Å². The number of para-hydroxylation sites is 2. The third kappa shape index (κ3) is 8.78. The third-order valence-electron chi connectivity index (χ3n) is 22.5. The van der Waals surface area contributed by atoms with Gasteiger partial charge in [-0.15, -0.1) is 0 Å². The Bertz CT molecular complexity index is 4320. The minimum atomic E-state index is -0.339. The van der Waals surface area contributed by atoms with Crippen LogP contribution in [-0.4, -0.2) is 6.71 Å². The van der Waals surface area contributed by atoms with Crippen LogP contribution in [0.3, 0.4) is 0 Å². The van der Waals surface area contributed by atoms with E-state index in [1.807, 2.05) is 0 Å². The number of furan rings is 1. The second-order valence-electron chi connectivity index (χ2n) is 33.5. The van der Waals surface area contributed by atoms with Gasteiger partial charge in [-0.25, -0.2) is 0 Å². The van der Waals surface area contributed by atoms with E-state index >= 15 is 0 Å². The van der Waals surface area contributed by atoms with Gasteiger partial charge in [0.1, 0.15) is 11.2 Å². The van der Waals surface area contributed by atoms with Crippen molar-refractivity contribution in [2.75, 3.05) is 14.7 Å². The number of nitrogens with zero attached hydrogens (tertiary/aromatic N) is 3. The van der Waals surface area contributed by atoms with Crippen molar-refractivity contribution in [1.82, 2.24) is 0 Å². The van der Waals surface area contributed by atoms with Crippen LogP contribution in [0.2, 0.25) is 0 Å². The molecule has 0 radical (unpaired) electrons. The zero-order valence-corrected chi connectivity index (χ0v) is 56.3. The molecule has 0 amide bonds. The normalized spacial score (nSPS) is 19.0. The van der Waals surface area contributed by atoms with Gasteiger partial charge < -0.3 is 19.1 Å². The summed E-state index contributed by atoms with van der Waals surface area (Å²) in [7, 11) is 0. The van der Waals surface area contributed by atoms with Gasteiger partial charge in [-0.1, -0.05) is 191 Å². The predicted octanol–water partition coefficient (Wildman–Crippen LogP) is 21.4. The standard InChI is InChI=1S/C82H94BN3O/c1-49-25-21-23-27-64(49)85(65-28-24-22-26-50(65)2)53-43-69-73-70(44-53)86(66-34-32-55-54-31-29-51(75(3,4)5)41-71(54)87-74(55)72(66)76(6,7)8)68-48-61-59(80(15,16)38-40-82(61,19)20)46-63(68)83(73)62-45-58-60(81(17,18)39-37-79(58,13)14)47-67(62)84(69)52-30-33-56-57(42-52)78(11,12)36-35-77(56,9)10/h21-34,41-48H,35-40H2,1-20H3. The van der Waals surface area contributed by atoms with Gasteiger partial charge in [-0.05, 0) is 229 Å². The molecular formula is C82H94BN3O. The number of benzene rings is 8. The van der Waals surface area contributed by atoms with Gasteiger partial charge in [0.15, 0.2) is 0 Å². The summed E-state index contributed by atoms with van der Waals surface area (Å²) in [5, 5.41) is 2.33. The summed E-state index contributed by atoms with van der Waals surface area (Å²) in [6.45, 7) is 48.6. The molecule has 0 spiro atoms. The molecule has 0 N–H and O–H groups in total. The number of fused-ring (bicyclic) bond motifs is 10. The molecule has 4 nitrogen and oxygen atoms in total. The number of aryl methyl sites for hydroxylation is 2. The van der Waals surface area contributed by atoms with Crippen LogP contribution < -0.4 is 31.1 Å². The number of hydrogen-bond acceptors (Lipinski definition) is 4. The Morgan fingerprint density at radius 2 is 0.862 bits per heavy atom. The fourth-order valence-corrected chi connectivity index (χ4v) is 16.7. The van der Waals surface area contributed by atoms with Crippen molar-refractivity contribution in [2.24, 2.45) is 0 Å². The maximum absolute atomic E-state index is 7.43. The molecule has 5 heteroatoms. The van der Waals surface area contributed by atoms with E-state index in [-0.39, 0.29) is 50.0 Å². The van der Waals surface area contributed by atoms with Crippen molar-refractivity contribution in [3.8, 4) is 0 Å². The maximum atomic E-state index is 7.43. The van der Waals surface area contributed by atoms with Crippen LogP contribution in [-0.2, 0) is 43.3 Å². The van der Waals surface area contributed by atoms with Crippen molar-refractivity contribution >= 4 is 96.2 Å². The van der Waals surface area contributed by atoms with Crippen LogP contribution in [0.25, 0.3) is 21.9 Å². The highest BCUT2D eigenvalue weighted by Crippen LogP contribution is 2.57. The maximum Gasteiger partial charge on any atom is 0.252 e. The van der Waals surface area contributed by atoms with Gasteiger partial charge in [-0.2, -0.15) is 0 Å². The van der Waals surface area contributed by atoms with Crippen molar-refractivity contribution < 1.29 is 4.42 Å². The summed E-state index contributed by atoms with van der Waals surface area (Å²) in [4.78, 5) is 8.08. The van der Waals surface area contributed by atoms with Crippen molar-refractivity contribution in [1.29, 1.82) is 0 Å². The summed E-state index contributed by atoms with van der Waals surface area (Å²) in [5.74, 6) is 0. The molecule has 0 fully saturated rings. The summed E-state index contributed by atoms with van der Waals surface area (Å²) < 4.78 is 7.43. The quantitative estimate of drug-likeness (QED) is 0.160. The summed E-state index contributed by atoms with van der Waals surface area (Å²) in [6, 6.07) is 53.5. The van der Waals surface area contributed by atoms with Gasteiger partial charge in [0.2, 0.25) is 0 Å². The zero-order valence-electron chi connectivity index (χ0n) is 56.3. The monoisotopic (exact) mass is 1150 g/mol. The van der Waals surface area contributed by atoms with Gasteiger partial charge >= 0.3 is 0 Å². The molecule has 5 aliphatic rings. The highest BCUT2D eigenvalue weighted by molar-refractivity contribution is 7.00. The molecule has 446 valence electrons. The molecular weight excluding hydrogens is 1050 g/mol. The first-order valence-corrected chi connectivity index (χ1v) is 32.9. The Morgan fingerprint density at radius 1 is 0.414 bits per heavy atom. The molecule has 9 aromatic rings. The molecule has 8 aromatic carbocycles. The Hall–Kier alpha value is -6.98. The second kappa shape index (κ2) is 18.8. The molecule has 0 unspecified atom stereocenters. The SMILES string of the molecule is Cc1ccccc1N(c1cc2c3c(c1)N(c1ccc4c(oc5cc(C(C)(C)C)ccc54)c1C(C)(C)C)c1cc4c(cc1B3c1cc3c(cc1N2c1ccc2c(c1)C(C)(C)CCC2(C)C)C(C)(C)CCC3(C)C)C(C)(C)CCC4(C)C)c1ccccc1C. The molecule has 0 atom stereocenters. The van der Waals surface area contributed by atoms with E-state index in [9.17, 15) is 0 Å². The first kappa shape index (κ1) is 57.8. The van der Waals surface area contributed by atoms with Gasteiger partial charge in [0.05, 0.1) is 11.4 Å². The molecule has 1 aromatic heterocycles. The van der Waals surface area contributed by atoms with E-state index < -0.39 is 0 Å². The van der Waals surface area contributed by atoms with E-state index in [2.05, 4.69) is 287 Å². The van der Waals surface area contributed by atoms with Gasteiger partial charge in [0, 0.05) is 56.1 Å². The number of hydrogen-bond donors (Lipinski definition) is 0. The second-order valence-corrected chi connectivity index (χ2v) is 33.5. The summed E-state index contributed by atoms with van der Waals surface area (Å²) in [5.41, 5.74) is 30.4. The third-order valence-corrected chi connectivity index (χ3v) is 22.5. The molecule has 0 saturated heterocycles. The number of anilines is 9. The van der Waals surface area contributed by atoms with E-state index in [0.717, 1.165) is 59.7 Å². The van der Waals surface area contributed by atoms with Crippen LogP contribution in [0, 0.1) is 13.8 Å². The van der Waals surface area contributed by atoms with Gasteiger partial charge in [0.25, 0.3) is 6.71 Å². The Kier molecular flexibility index (Phi) is 12.5. The van der Waals surface area contributed by atoms with Gasteiger partial charge in [-0.3, -0.25) is 0 Å². The molecule has 14 rings (SSSR count). The molecule has 2 aliphatic heterocycles. The Labute approximate surface area is 521 Å². The minimum absolute atomic E-state index is 0.00000965. The van der Waals surface area contributed by atoms with Crippen LogP contribution in [0.1, 0.15) is 219 Å². The van der Waals surface area contributed by atoms with Crippen LogP contribution in [0.4, 0.5) is 51.2 Å². The largest absolute Gasteiger partial charge is 0.456 e. The lowest BCUT2D eigenvalue weighted by Gasteiger charge is -2.49. The lowest BCUT2D eigenvalue weighted by atomic mass is 9.32. The summed E-state index contributed by atoms with van der Waals surface area (Å²) in [6.07, 6.45) is 6.86. The Morgan fingerprint density at radius 3 is 1.36 bits per heavy atom.